The van der Waals surface area contributed by atoms with Crippen LogP contribution in [0.3, 0.4) is 0 Å². The molecule has 1 heterocycles. The topological polar surface area (TPSA) is 55.2 Å². The lowest BCUT2D eigenvalue weighted by Crippen LogP contribution is -2.04. The number of benzene rings is 2. The highest BCUT2D eigenvalue weighted by Crippen LogP contribution is 2.33. The average molecular weight is 332 g/mol. The van der Waals surface area contributed by atoms with Gasteiger partial charge in [0, 0.05) is 18.0 Å². The number of aromatic hydroxyl groups is 1. The molecule has 7 heteroatoms. The van der Waals surface area contributed by atoms with Crippen molar-refractivity contribution in [1.82, 2.24) is 9.97 Å². The Kier molecular flexibility index (Phi) is 4.07. The second-order valence-electron chi connectivity index (χ2n) is 4.88. The predicted molar refractivity (Wildman–Crippen MR) is 80.7 cm³/mol. The van der Waals surface area contributed by atoms with Gasteiger partial charge < -0.3 is 9.84 Å². The number of phenols is 1. The number of phenolic OH excluding ortho intramolecular Hbond substituents is 1. The number of halogens is 3. The summed E-state index contributed by atoms with van der Waals surface area (Å²) in [5.74, 6) is 0.472. The van der Waals surface area contributed by atoms with Gasteiger partial charge in [-0.1, -0.05) is 0 Å². The van der Waals surface area contributed by atoms with E-state index >= 15 is 0 Å². The van der Waals surface area contributed by atoms with E-state index in [0.29, 0.717) is 11.3 Å². The number of hydrogen-bond donors (Lipinski definition) is 1. The van der Waals surface area contributed by atoms with Crippen LogP contribution in [0.15, 0.2) is 60.9 Å². The van der Waals surface area contributed by atoms with Gasteiger partial charge in [-0.15, -0.1) is 0 Å². The van der Waals surface area contributed by atoms with Crippen molar-refractivity contribution < 1.29 is 23.0 Å². The Morgan fingerprint density at radius 1 is 0.833 bits per heavy atom. The van der Waals surface area contributed by atoms with Gasteiger partial charge in [0.1, 0.15) is 17.2 Å². The van der Waals surface area contributed by atoms with Gasteiger partial charge in [-0.25, -0.2) is 9.97 Å². The number of nitrogens with zero attached hydrogens (tertiary/aromatic N) is 2. The summed E-state index contributed by atoms with van der Waals surface area (Å²) in [5, 5.41) is 9.34. The van der Waals surface area contributed by atoms with Gasteiger partial charge in [-0.2, -0.15) is 13.2 Å². The standard InChI is InChI=1S/C17H11F3N2O2/c18-17(19,20)12-3-7-14(8-4-12)24-16-15(21-9-10-22-16)11-1-5-13(23)6-2-11/h1-10,23H. The number of rotatable bonds is 3. The fourth-order valence-electron chi connectivity index (χ4n) is 2.04. The largest absolute Gasteiger partial charge is 0.508 e. The van der Waals surface area contributed by atoms with Crippen molar-refractivity contribution in [1.29, 1.82) is 0 Å². The third-order valence-electron chi connectivity index (χ3n) is 3.20. The molecule has 0 aliphatic heterocycles. The summed E-state index contributed by atoms with van der Waals surface area (Å²) in [4.78, 5) is 8.26. The highest BCUT2D eigenvalue weighted by Gasteiger charge is 2.30. The number of ether oxygens (including phenoxy) is 1. The van der Waals surface area contributed by atoms with Crippen LogP contribution in [0.1, 0.15) is 5.56 Å². The summed E-state index contributed by atoms with van der Waals surface area (Å²) in [5.41, 5.74) is 0.313. The number of hydrogen-bond acceptors (Lipinski definition) is 4. The first-order valence-electron chi connectivity index (χ1n) is 6.89. The molecule has 122 valence electrons. The molecular weight excluding hydrogens is 321 g/mol. The van der Waals surface area contributed by atoms with Crippen molar-refractivity contribution in [2.45, 2.75) is 6.18 Å². The van der Waals surface area contributed by atoms with E-state index in [9.17, 15) is 18.3 Å². The van der Waals surface area contributed by atoms with Crippen molar-refractivity contribution in [3.8, 4) is 28.6 Å². The molecule has 0 saturated heterocycles. The zero-order valence-corrected chi connectivity index (χ0v) is 12.2. The van der Waals surface area contributed by atoms with Crippen LogP contribution in [0.5, 0.6) is 17.4 Å². The summed E-state index contributed by atoms with van der Waals surface area (Å²) in [6.07, 6.45) is -1.51. The highest BCUT2D eigenvalue weighted by molar-refractivity contribution is 5.65. The number of aromatic nitrogens is 2. The molecule has 0 bridgehead atoms. The Balaban J connectivity index is 1.89. The van der Waals surface area contributed by atoms with Crippen molar-refractivity contribution >= 4 is 0 Å². The van der Waals surface area contributed by atoms with Crippen molar-refractivity contribution in [2.75, 3.05) is 0 Å². The Bertz CT molecular complexity index is 832. The Labute approximate surface area is 135 Å². The SMILES string of the molecule is Oc1ccc(-c2nccnc2Oc2ccc(C(F)(F)F)cc2)cc1. The van der Waals surface area contributed by atoms with E-state index in [4.69, 9.17) is 4.74 Å². The van der Waals surface area contributed by atoms with E-state index in [1.807, 2.05) is 0 Å². The maximum Gasteiger partial charge on any atom is 0.416 e. The molecule has 0 radical (unpaired) electrons. The van der Waals surface area contributed by atoms with Gasteiger partial charge in [0.2, 0.25) is 5.88 Å². The van der Waals surface area contributed by atoms with Crippen LogP contribution >= 0.6 is 0 Å². The van der Waals surface area contributed by atoms with Gasteiger partial charge in [-0.3, -0.25) is 0 Å². The minimum absolute atomic E-state index is 0.104. The smallest absolute Gasteiger partial charge is 0.416 e. The van der Waals surface area contributed by atoms with Gasteiger partial charge in [-0.05, 0) is 48.5 Å². The summed E-state index contributed by atoms with van der Waals surface area (Å²) < 4.78 is 43.3. The van der Waals surface area contributed by atoms with Gasteiger partial charge in [0.05, 0.1) is 5.56 Å². The van der Waals surface area contributed by atoms with Crippen LogP contribution in [0, 0.1) is 0 Å². The van der Waals surface area contributed by atoms with E-state index in [0.717, 1.165) is 12.1 Å². The molecule has 1 N–H and O–H groups in total. The van der Waals surface area contributed by atoms with Crippen LogP contribution in [-0.2, 0) is 6.18 Å². The van der Waals surface area contributed by atoms with Crippen LogP contribution in [-0.4, -0.2) is 15.1 Å². The Morgan fingerprint density at radius 2 is 1.46 bits per heavy atom. The lowest BCUT2D eigenvalue weighted by molar-refractivity contribution is -0.137. The molecule has 0 saturated carbocycles. The second-order valence-corrected chi connectivity index (χ2v) is 4.88. The minimum Gasteiger partial charge on any atom is -0.508 e. The molecular formula is C17H11F3N2O2. The molecule has 0 aliphatic rings. The first-order valence-corrected chi connectivity index (χ1v) is 6.89. The summed E-state index contributed by atoms with van der Waals surface area (Å²) in [6, 6.07) is 10.6. The van der Waals surface area contributed by atoms with Crippen LogP contribution in [0.2, 0.25) is 0 Å². The van der Waals surface area contributed by atoms with E-state index in [-0.39, 0.29) is 17.4 Å². The molecule has 4 nitrogen and oxygen atoms in total. The Morgan fingerprint density at radius 3 is 2.08 bits per heavy atom. The maximum absolute atomic E-state index is 12.6. The molecule has 0 amide bonds. The predicted octanol–water partition coefficient (Wildman–Crippen LogP) is 4.66. The first-order chi connectivity index (χ1) is 11.4. The summed E-state index contributed by atoms with van der Waals surface area (Å²) >= 11 is 0. The summed E-state index contributed by atoms with van der Waals surface area (Å²) in [6.45, 7) is 0. The highest BCUT2D eigenvalue weighted by atomic mass is 19.4. The molecule has 3 aromatic rings. The molecule has 1 aromatic heterocycles. The third-order valence-corrected chi connectivity index (χ3v) is 3.20. The van der Waals surface area contributed by atoms with E-state index in [1.165, 1.54) is 36.7 Å². The molecule has 3 rings (SSSR count). The molecule has 24 heavy (non-hydrogen) atoms. The molecule has 2 aromatic carbocycles. The van der Waals surface area contributed by atoms with Crippen LogP contribution in [0.4, 0.5) is 13.2 Å². The zero-order valence-electron chi connectivity index (χ0n) is 12.2. The molecule has 0 unspecified atom stereocenters. The van der Waals surface area contributed by atoms with Crippen molar-refractivity contribution in [2.24, 2.45) is 0 Å². The van der Waals surface area contributed by atoms with E-state index < -0.39 is 11.7 Å². The lowest BCUT2D eigenvalue weighted by Gasteiger charge is -2.10. The van der Waals surface area contributed by atoms with Crippen molar-refractivity contribution in [3.63, 3.8) is 0 Å². The van der Waals surface area contributed by atoms with Crippen LogP contribution in [0.25, 0.3) is 11.3 Å². The van der Waals surface area contributed by atoms with Crippen molar-refractivity contribution in [3.05, 3.63) is 66.5 Å². The van der Waals surface area contributed by atoms with Gasteiger partial charge in [0.25, 0.3) is 0 Å². The van der Waals surface area contributed by atoms with E-state index in [2.05, 4.69) is 9.97 Å². The monoisotopic (exact) mass is 332 g/mol. The molecule has 0 aliphatic carbocycles. The summed E-state index contributed by atoms with van der Waals surface area (Å²) in [7, 11) is 0. The van der Waals surface area contributed by atoms with Gasteiger partial charge in [0.15, 0.2) is 0 Å². The van der Waals surface area contributed by atoms with E-state index in [1.54, 1.807) is 12.1 Å². The van der Waals surface area contributed by atoms with Crippen LogP contribution < -0.4 is 4.74 Å². The Hall–Kier alpha value is -3.09. The lowest BCUT2D eigenvalue weighted by atomic mass is 10.1. The average Bonchev–Trinajstić information content (AvgIpc) is 2.56. The quantitative estimate of drug-likeness (QED) is 0.758. The van der Waals surface area contributed by atoms with Gasteiger partial charge >= 0.3 is 6.18 Å². The fourth-order valence-corrected chi connectivity index (χ4v) is 2.04. The second kappa shape index (κ2) is 6.19. The molecule has 0 spiro atoms. The zero-order chi connectivity index (χ0) is 17.2. The first kappa shape index (κ1) is 15.8. The fraction of sp³-hybridized carbons (Fsp3) is 0.0588. The normalized spacial score (nSPS) is 11.3. The number of alkyl halides is 3. The maximum atomic E-state index is 12.6. The third kappa shape index (κ3) is 3.45. The molecule has 0 fully saturated rings. The minimum atomic E-state index is -4.40. The molecule has 0 atom stereocenters.